The Kier molecular flexibility index (Phi) is 8.25. The van der Waals surface area contributed by atoms with Crippen LogP contribution >= 0.6 is 0 Å². The summed E-state index contributed by atoms with van der Waals surface area (Å²) < 4.78 is 0. The molecule has 0 radical (unpaired) electrons. The lowest BCUT2D eigenvalue weighted by atomic mass is 9.91. The first-order chi connectivity index (χ1) is 30.3. The normalized spacial score (nSPS) is 11.6. The van der Waals surface area contributed by atoms with Crippen LogP contribution in [0, 0.1) is 0 Å². The van der Waals surface area contributed by atoms with Crippen LogP contribution in [0.2, 0.25) is 0 Å². The quantitative estimate of drug-likeness (QED) is 0.152. The van der Waals surface area contributed by atoms with Crippen molar-refractivity contribution in [3.8, 4) is 33.4 Å². The Labute approximate surface area is 355 Å². The van der Waals surface area contributed by atoms with Crippen molar-refractivity contribution in [2.45, 2.75) is 0 Å². The number of anilines is 3. The standard InChI is InChI=1S/C60H39N/c1-2-14-40(15-3-1)51-36-30-42-17-5-9-21-50(42)60(51)61(46-32-26-43(27-33-46)57-38-45-18-6-8-20-49(45)52-22-10-12-24-54(52)57)47-34-28-44(29-35-47)58-39-59-48-19-7-4-16-41(48)31-37-56(59)53-23-11-13-25-55(53)58/h1-39H. The van der Waals surface area contributed by atoms with Crippen LogP contribution in [0.15, 0.2) is 237 Å². The number of fused-ring (bicyclic) bond motifs is 9. The second kappa shape index (κ2) is 14.4. The van der Waals surface area contributed by atoms with E-state index < -0.39 is 0 Å². The van der Waals surface area contributed by atoms with Crippen LogP contribution in [0.3, 0.4) is 0 Å². The molecule has 0 unspecified atom stereocenters. The molecule has 0 bridgehead atoms. The summed E-state index contributed by atoms with van der Waals surface area (Å²) >= 11 is 0. The molecule has 0 heterocycles. The molecule has 0 spiro atoms. The van der Waals surface area contributed by atoms with Crippen LogP contribution in [0.5, 0.6) is 0 Å². The summed E-state index contributed by atoms with van der Waals surface area (Å²) in [6, 6.07) is 86.9. The predicted octanol–water partition coefficient (Wildman–Crippen LogP) is 17.1. The highest BCUT2D eigenvalue weighted by atomic mass is 15.1. The highest BCUT2D eigenvalue weighted by molar-refractivity contribution is 6.21. The van der Waals surface area contributed by atoms with E-state index in [-0.39, 0.29) is 0 Å². The molecule has 0 saturated heterocycles. The Morgan fingerprint density at radius 3 is 1.25 bits per heavy atom. The number of hydrogen-bond donors (Lipinski definition) is 0. The van der Waals surface area contributed by atoms with Gasteiger partial charge in [0.2, 0.25) is 0 Å². The third-order valence-electron chi connectivity index (χ3n) is 12.6. The van der Waals surface area contributed by atoms with Crippen LogP contribution in [0.25, 0.3) is 98.0 Å². The van der Waals surface area contributed by atoms with E-state index in [1.54, 1.807) is 0 Å². The molecule has 61 heavy (non-hydrogen) atoms. The van der Waals surface area contributed by atoms with Crippen molar-refractivity contribution in [1.82, 2.24) is 0 Å². The fourth-order valence-corrected chi connectivity index (χ4v) is 9.73. The van der Waals surface area contributed by atoms with Gasteiger partial charge in [-0.2, -0.15) is 0 Å². The molecule has 0 aliphatic rings. The van der Waals surface area contributed by atoms with Crippen LogP contribution in [-0.4, -0.2) is 0 Å². The van der Waals surface area contributed by atoms with Crippen molar-refractivity contribution in [2.24, 2.45) is 0 Å². The van der Waals surface area contributed by atoms with Crippen molar-refractivity contribution < 1.29 is 0 Å². The Morgan fingerprint density at radius 1 is 0.213 bits per heavy atom. The molecule has 0 aromatic heterocycles. The fourth-order valence-electron chi connectivity index (χ4n) is 9.73. The smallest absolute Gasteiger partial charge is 0.0618 e. The zero-order chi connectivity index (χ0) is 40.3. The highest BCUT2D eigenvalue weighted by Crippen LogP contribution is 2.47. The average Bonchev–Trinajstić information content (AvgIpc) is 3.34. The fraction of sp³-hybridized carbons (Fsp3) is 0. The Morgan fingerprint density at radius 2 is 0.623 bits per heavy atom. The number of hydrogen-bond acceptors (Lipinski definition) is 1. The van der Waals surface area contributed by atoms with Gasteiger partial charge in [0.15, 0.2) is 0 Å². The summed E-state index contributed by atoms with van der Waals surface area (Å²) in [5, 5.41) is 15.1. The van der Waals surface area contributed by atoms with E-state index in [0.29, 0.717) is 0 Å². The molecule has 0 N–H and O–H groups in total. The van der Waals surface area contributed by atoms with E-state index in [1.165, 1.54) is 98.0 Å². The molecule has 12 rings (SSSR count). The lowest BCUT2D eigenvalue weighted by molar-refractivity contribution is 1.30. The molecule has 12 aromatic rings. The van der Waals surface area contributed by atoms with Crippen molar-refractivity contribution in [3.05, 3.63) is 237 Å². The van der Waals surface area contributed by atoms with Gasteiger partial charge in [-0.3, -0.25) is 0 Å². The Hall–Kier alpha value is -8.00. The highest BCUT2D eigenvalue weighted by Gasteiger charge is 2.21. The van der Waals surface area contributed by atoms with Gasteiger partial charge in [0.1, 0.15) is 0 Å². The van der Waals surface area contributed by atoms with Crippen molar-refractivity contribution >= 4 is 81.7 Å². The molecule has 284 valence electrons. The lowest BCUT2D eigenvalue weighted by Gasteiger charge is -2.30. The van der Waals surface area contributed by atoms with Crippen molar-refractivity contribution in [1.29, 1.82) is 0 Å². The monoisotopic (exact) mass is 773 g/mol. The van der Waals surface area contributed by atoms with Crippen LogP contribution in [0.4, 0.5) is 17.1 Å². The molecule has 0 fully saturated rings. The van der Waals surface area contributed by atoms with Gasteiger partial charge in [-0.05, 0) is 123 Å². The molecule has 12 aromatic carbocycles. The predicted molar refractivity (Wildman–Crippen MR) is 262 cm³/mol. The van der Waals surface area contributed by atoms with E-state index in [2.05, 4.69) is 241 Å². The minimum Gasteiger partial charge on any atom is -0.309 e. The average molecular weight is 774 g/mol. The SMILES string of the molecule is c1ccc(-c2ccc3ccccc3c2N(c2ccc(-c3cc4ccccc4c4ccccc34)cc2)c2ccc(-c3cc4c5ccccc5ccc4c4ccccc34)cc2)cc1. The summed E-state index contributed by atoms with van der Waals surface area (Å²) in [6.45, 7) is 0. The first kappa shape index (κ1) is 35.0. The zero-order valence-electron chi connectivity index (χ0n) is 33.5. The van der Waals surface area contributed by atoms with Crippen LogP contribution in [0.1, 0.15) is 0 Å². The second-order valence-corrected chi connectivity index (χ2v) is 16.0. The van der Waals surface area contributed by atoms with Gasteiger partial charge in [-0.25, -0.2) is 0 Å². The van der Waals surface area contributed by atoms with E-state index >= 15 is 0 Å². The van der Waals surface area contributed by atoms with Gasteiger partial charge in [-0.1, -0.05) is 200 Å². The molecular weight excluding hydrogens is 735 g/mol. The summed E-state index contributed by atoms with van der Waals surface area (Å²) in [4.78, 5) is 2.46. The van der Waals surface area contributed by atoms with Gasteiger partial charge in [0.25, 0.3) is 0 Å². The van der Waals surface area contributed by atoms with E-state index in [9.17, 15) is 0 Å². The topological polar surface area (TPSA) is 3.24 Å². The molecular formula is C60H39N. The number of rotatable bonds is 6. The van der Waals surface area contributed by atoms with Gasteiger partial charge >= 0.3 is 0 Å². The van der Waals surface area contributed by atoms with Crippen LogP contribution in [-0.2, 0) is 0 Å². The van der Waals surface area contributed by atoms with Crippen molar-refractivity contribution in [2.75, 3.05) is 4.90 Å². The largest absolute Gasteiger partial charge is 0.309 e. The zero-order valence-corrected chi connectivity index (χ0v) is 33.5. The van der Waals surface area contributed by atoms with Gasteiger partial charge in [0.05, 0.1) is 5.69 Å². The maximum absolute atomic E-state index is 2.46. The van der Waals surface area contributed by atoms with Crippen molar-refractivity contribution in [3.63, 3.8) is 0 Å². The van der Waals surface area contributed by atoms with Gasteiger partial charge in [0, 0.05) is 22.3 Å². The summed E-state index contributed by atoms with van der Waals surface area (Å²) in [7, 11) is 0. The number of benzene rings is 12. The van der Waals surface area contributed by atoms with Gasteiger partial charge in [-0.15, -0.1) is 0 Å². The Bertz CT molecular complexity index is 3620. The molecule has 0 atom stereocenters. The Balaban J connectivity index is 1.06. The third-order valence-corrected chi connectivity index (χ3v) is 12.6. The molecule has 0 aliphatic heterocycles. The van der Waals surface area contributed by atoms with E-state index in [1.807, 2.05) is 0 Å². The molecule has 0 aliphatic carbocycles. The first-order valence-corrected chi connectivity index (χ1v) is 21.1. The number of nitrogens with zero attached hydrogens (tertiary/aromatic N) is 1. The molecule has 0 saturated carbocycles. The second-order valence-electron chi connectivity index (χ2n) is 16.0. The molecule has 1 nitrogen and oxygen atoms in total. The summed E-state index contributed by atoms with van der Waals surface area (Å²) in [6.07, 6.45) is 0. The maximum atomic E-state index is 2.46. The maximum Gasteiger partial charge on any atom is 0.0618 e. The first-order valence-electron chi connectivity index (χ1n) is 21.1. The van der Waals surface area contributed by atoms with E-state index in [4.69, 9.17) is 0 Å². The third kappa shape index (κ3) is 5.86. The minimum absolute atomic E-state index is 1.09. The van der Waals surface area contributed by atoms with Gasteiger partial charge < -0.3 is 4.90 Å². The molecule has 1 heteroatoms. The minimum atomic E-state index is 1.09. The summed E-state index contributed by atoms with van der Waals surface area (Å²) in [5.74, 6) is 0. The van der Waals surface area contributed by atoms with E-state index in [0.717, 1.165) is 17.1 Å². The van der Waals surface area contributed by atoms with Crippen LogP contribution < -0.4 is 4.90 Å². The lowest BCUT2D eigenvalue weighted by Crippen LogP contribution is -2.12. The molecule has 0 amide bonds. The summed E-state index contributed by atoms with van der Waals surface area (Å²) in [5.41, 5.74) is 10.6.